The SMILES string of the molecule is CCC(Sc1c(=O)o[nH][n+]1C)C(=O)Nc1ccc(F)c(Cl)c1. The maximum absolute atomic E-state index is 13.1. The van der Waals surface area contributed by atoms with E-state index < -0.39 is 16.7 Å². The summed E-state index contributed by atoms with van der Waals surface area (Å²) in [6.45, 7) is 1.82. The minimum absolute atomic E-state index is 0.0730. The number of rotatable bonds is 5. The van der Waals surface area contributed by atoms with E-state index in [4.69, 9.17) is 11.6 Å². The van der Waals surface area contributed by atoms with Crippen LogP contribution < -0.4 is 15.6 Å². The molecular formula is C13H14ClFN3O3S+. The summed E-state index contributed by atoms with van der Waals surface area (Å²) in [5.74, 6) is -0.867. The Bertz CT molecular complexity index is 746. The third-order valence-electron chi connectivity index (χ3n) is 2.86. The lowest BCUT2D eigenvalue weighted by molar-refractivity contribution is -0.772. The van der Waals surface area contributed by atoms with Crippen molar-refractivity contribution in [2.24, 2.45) is 7.05 Å². The monoisotopic (exact) mass is 346 g/mol. The first kappa shape index (κ1) is 16.6. The Morgan fingerprint density at radius 3 is 2.86 bits per heavy atom. The molecular weight excluding hydrogens is 333 g/mol. The maximum Gasteiger partial charge on any atom is 0.441 e. The normalized spacial score (nSPS) is 12.2. The van der Waals surface area contributed by atoms with Gasteiger partial charge >= 0.3 is 10.7 Å². The molecule has 1 heterocycles. The quantitative estimate of drug-likeness (QED) is 0.642. The highest BCUT2D eigenvalue weighted by molar-refractivity contribution is 8.00. The van der Waals surface area contributed by atoms with Crippen LogP contribution >= 0.6 is 23.4 Å². The number of aromatic amines is 1. The number of carbonyl (C=O) groups is 1. The lowest BCUT2D eigenvalue weighted by Gasteiger charge is -2.12. The highest BCUT2D eigenvalue weighted by Crippen LogP contribution is 2.23. The Labute approximate surface area is 134 Å². The molecule has 0 aliphatic carbocycles. The largest absolute Gasteiger partial charge is 0.441 e. The van der Waals surface area contributed by atoms with E-state index in [1.54, 1.807) is 7.05 Å². The van der Waals surface area contributed by atoms with Crippen molar-refractivity contribution in [1.82, 2.24) is 5.27 Å². The topological polar surface area (TPSA) is 79.0 Å². The van der Waals surface area contributed by atoms with E-state index in [-0.39, 0.29) is 10.9 Å². The molecule has 6 nitrogen and oxygen atoms in total. The van der Waals surface area contributed by atoms with Gasteiger partial charge in [-0.2, -0.15) is 0 Å². The van der Waals surface area contributed by atoms with Crippen LogP contribution in [0.4, 0.5) is 10.1 Å². The molecule has 0 bridgehead atoms. The second-order valence-corrected chi connectivity index (χ2v) is 6.08. The zero-order valence-electron chi connectivity index (χ0n) is 11.9. The Hall–Kier alpha value is -1.80. The number of nitrogens with one attached hydrogen (secondary N) is 2. The van der Waals surface area contributed by atoms with Gasteiger partial charge in [0.15, 0.2) is 7.05 Å². The molecule has 22 heavy (non-hydrogen) atoms. The van der Waals surface area contributed by atoms with Crippen molar-refractivity contribution in [2.45, 2.75) is 23.6 Å². The Morgan fingerprint density at radius 2 is 2.32 bits per heavy atom. The van der Waals surface area contributed by atoms with Gasteiger partial charge < -0.3 is 5.32 Å². The van der Waals surface area contributed by atoms with Crippen molar-refractivity contribution in [1.29, 1.82) is 0 Å². The summed E-state index contributed by atoms with van der Waals surface area (Å²) in [6, 6.07) is 3.92. The van der Waals surface area contributed by atoms with E-state index in [0.717, 1.165) is 11.8 Å². The molecule has 2 rings (SSSR count). The van der Waals surface area contributed by atoms with Gasteiger partial charge in [0.25, 0.3) is 0 Å². The maximum atomic E-state index is 13.1. The molecule has 2 aromatic rings. The lowest BCUT2D eigenvalue weighted by atomic mass is 10.2. The lowest BCUT2D eigenvalue weighted by Crippen LogP contribution is -2.35. The first-order valence-corrected chi connectivity index (χ1v) is 7.68. The van der Waals surface area contributed by atoms with Gasteiger partial charge in [-0.3, -0.25) is 9.32 Å². The average molecular weight is 347 g/mol. The number of H-pyrrole nitrogens is 1. The molecule has 1 unspecified atom stereocenters. The minimum atomic E-state index is -0.557. The van der Waals surface area contributed by atoms with Crippen molar-refractivity contribution in [3.63, 3.8) is 0 Å². The summed E-state index contributed by atoms with van der Waals surface area (Å²) in [7, 11) is 1.61. The van der Waals surface area contributed by atoms with Gasteiger partial charge in [-0.1, -0.05) is 23.2 Å². The van der Waals surface area contributed by atoms with Gasteiger partial charge in [-0.15, -0.1) is 0 Å². The number of hydrogen-bond donors (Lipinski definition) is 2. The third-order valence-corrected chi connectivity index (χ3v) is 4.64. The highest BCUT2D eigenvalue weighted by Gasteiger charge is 2.27. The van der Waals surface area contributed by atoms with Gasteiger partial charge in [-0.25, -0.2) is 9.18 Å². The summed E-state index contributed by atoms with van der Waals surface area (Å²) in [4.78, 5) is 23.8. The van der Waals surface area contributed by atoms with Crippen molar-refractivity contribution in [3.05, 3.63) is 39.5 Å². The van der Waals surface area contributed by atoms with Crippen LogP contribution in [0.3, 0.4) is 0 Å². The molecule has 1 atom stereocenters. The standard InChI is InChI=1S/C13H13ClFN3O3S/c1-3-10(22-12-13(20)21-17-18(12)2)11(19)16-7-4-5-9(15)8(14)6-7/h4-6,10H,3H2,1-2H3,(H-,16,17,19,20)/p+1. The number of nitrogens with zero attached hydrogens (tertiary/aromatic N) is 1. The van der Waals surface area contributed by atoms with Crippen LogP contribution in [0.1, 0.15) is 13.3 Å². The van der Waals surface area contributed by atoms with Gasteiger partial charge in [0, 0.05) is 5.69 Å². The fourth-order valence-electron chi connectivity index (χ4n) is 1.71. The number of halogens is 2. The predicted octanol–water partition coefficient (Wildman–Crippen LogP) is 2.09. The molecule has 0 saturated heterocycles. The number of benzene rings is 1. The zero-order chi connectivity index (χ0) is 16.3. The zero-order valence-corrected chi connectivity index (χ0v) is 13.4. The number of aryl methyl sites for hydroxylation is 1. The van der Waals surface area contributed by atoms with Crippen LogP contribution in [0.5, 0.6) is 0 Å². The molecule has 0 aliphatic rings. The van der Waals surface area contributed by atoms with Gasteiger partial charge in [0.2, 0.25) is 5.91 Å². The summed E-state index contributed by atoms with van der Waals surface area (Å²) in [6.07, 6.45) is 0.496. The second-order valence-electron chi connectivity index (χ2n) is 4.48. The second kappa shape index (κ2) is 6.97. The molecule has 0 radical (unpaired) electrons. The van der Waals surface area contributed by atoms with Crippen molar-refractivity contribution in [3.8, 4) is 0 Å². The van der Waals surface area contributed by atoms with Crippen molar-refractivity contribution >= 4 is 35.0 Å². The van der Waals surface area contributed by atoms with Crippen LogP contribution in [-0.4, -0.2) is 16.4 Å². The number of aromatic nitrogens is 2. The Kier molecular flexibility index (Phi) is 5.25. The molecule has 0 fully saturated rings. The van der Waals surface area contributed by atoms with E-state index in [2.05, 4.69) is 15.1 Å². The number of anilines is 1. The molecule has 118 valence electrons. The van der Waals surface area contributed by atoms with Crippen molar-refractivity contribution < 1.29 is 18.4 Å². The fourth-order valence-corrected chi connectivity index (χ4v) is 2.83. The minimum Gasteiger partial charge on any atom is -0.325 e. The molecule has 1 aromatic heterocycles. The van der Waals surface area contributed by atoms with E-state index in [0.29, 0.717) is 17.1 Å². The molecule has 1 amide bonds. The third kappa shape index (κ3) is 3.69. The number of carbonyl (C=O) groups excluding carboxylic acids is 1. The first-order chi connectivity index (χ1) is 10.4. The molecule has 0 saturated carbocycles. The van der Waals surface area contributed by atoms with E-state index in [1.165, 1.54) is 22.9 Å². The molecule has 9 heteroatoms. The summed E-state index contributed by atoms with van der Waals surface area (Å²) in [5, 5.41) is 4.75. The summed E-state index contributed by atoms with van der Waals surface area (Å²) in [5.41, 5.74) is -0.149. The Morgan fingerprint density at radius 1 is 1.59 bits per heavy atom. The van der Waals surface area contributed by atoms with Gasteiger partial charge in [0.1, 0.15) is 5.82 Å². The molecule has 2 N–H and O–H groups in total. The van der Waals surface area contributed by atoms with Crippen LogP contribution in [0, 0.1) is 5.82 Å². The number of thioether (sulfide) groups is 1. The van der Waals surface area contributed by atoms with Crippen LogP contribution in [0.15, 0.2) is 32.5 Å². The van der Waals surface area contributed by atoms with E-state index in [1.807, 2.05) is 6.92 Å². The fraction of sp³-hybridized carbons (Fsp3) is 0.308. The number of hydrogen-bond acceptors (Lipinski definition) is 4. The van der Waals surface area contributed by atoms with E-state index in [9.17, 15) is 14.0 Å². The molecule has 1 aromatic carbocycles. The first-order valence-electron chi connectivity index (χ1n) is 6.42. The molecule has 0 aliphatic heterocycles. The van der Waals surface area contributed by atoms with Gasteiger partial charge in [0.05, 0.1) is 10.3 Å². The van der Waals surface area contributed by atoms with Crippen molar-refractivity contribution in [2.75, 3.05) is 5.32 Å². The number of amides is 1. The van der Waals surface area contributed by atoms with Crippen LogP contribution in [0.25, 0.3) is 0 Å². The predicted molar refractivity (Wildman–Crippen MR) is 80.5 cm³/mol. The van der Waals surface area contributed by atoms with E-state index >= 15 is 0 Å². The smallest absolute Gasteiger partial charge is 0.325 e. The highest BCUT2D eigenvalue weighted by atomic mass is 35.5. The van der Waals surface area contributed by atoms with Crippen LogP contribution in [-0.2, 0) is 11.8 Å². The molecule has 0 spiro atoms. The van der Waals surface area contributed by atoms with Gasteiger partial charge in [-0.05, 0) is 41.7 Å². The summed E-state index contributed by atoms with van der Waals surface area (Å²) < 4.78 is 19.1. The average Bonchev–Trinajstić information content (AvgIpc) is 2.79. The summed E-state index contributed by atoms with van der Waals surface area (Å²) >= 11 is 6.76. The van der Waals surface area contributed by atoms with Crippen LogP contribution in [0.2, 0.25) is 5.02 Å². The Balaban J connectivity index is 2.12.